The maximum atomic E-state index is 14.3. The average molecular weight is 455 g/mol. The molecule has 3 aliphatic heterocycles. The van der Waals surface area contributed by atoms with Gasteiger partial charge >= 0.3 is 0 Å². The first-order chi connectivity index (χ1) is 16.4. The van der Waals surface area contributed by atoms with Crippen molar-refractivity contribution >= 4 is 17.5 Å². The van der Waals surface area contributed by atoms with Gasteiger partial charge < -0.3 is 19.7 Å². The van der Waals surface area contributed by atoms with Gasteiger partial charge in [0.2, 0.25) is 0 Å². The summed E-state index contributed by atoms with van der Waals surface area (Å²) in [6, 6.07) is 21.0. The first-order valence-corrected chi connectivity index (χ1v) is 11.5. The third-order valence-corrected chi connectivity index (χ3v) is 7.68. The third-order valence-electron chi connectivity index (χ3n) is 7.68. The van der Waals surface area contributed by atoms with E-state index in [0.29, 0.717) is 23.6 Å². The van der Waals surface area contributed by atoms with Gasteiger partial charge in [0.05, 0.1) is 31.0 Å². The number of fused-ring (bicyclic) bond motifs is 6. The molecule has 0 spiro atoms. The number of ether oxygens (including phenoxy) is 2. The van der Waals surface area contributed by atoms with Crippen LogP contribution in [0.5, 0.6) is 11.5 Å². The fourth-order valence-corrected chi connectivity index (χ4v) is 6.14. The van der Waals surface area contributed by atoms with Crippen molar-refractivity contribution in [2.24, 2.45) is 5.92 Å². The van der Waals surface area contributed by atoms with Crippen LogP contribution < -0.4 is 14.8 Å². The summed E-state index contributed by atoms with van der Waals surface area (Å²) < 4.78 is 11.6. The van der Waals surface area contributed by atoms with Crippen LogP contribution in [0.25, 0.3) is 0 Å². The number of rotatable bonds is 2. The van der Waals surface area contributed by atoms with E-state index in [1.54, 1.807) is 25.3 Å². The van der Waals surface area contributed by atoms with Crippen molar-refractivity contribution < 1.29 is 19.1 Å². The SMILES string of the molecule is COc1ccc2c(c1)C(=O)N1C3c4cc(C)ccc4OCC3C(c3ccccc3)[C@]1(C)C(=O)N2. The van der Waals surface area contributed by atoms with E-state index in [4.69, 9.17) is 9.47 Å². The summed E-state index contributed by atoms with van der Waals surface area (Å²) in [5.74, 6) is 0.644. The molecule has 1 N–H and O–H groups in total. The molecule has 3 aliphatic rings. The Morgan fingerprint density at radius 1 is 1.06 bits per heavy atom. The van der Waals surface area contributed by atoms with Crippen LogP contribution in [0.3, 0.4) is 0 Å². The number of aryl methyl sites for hydroxylation is 1. The van der Waals surface area contributed by atoms with Crippen molar-refractivity contribution in [2.75, 3.05) is 19.0 Å². The molecule has 3 aromatic carbocycles. The highest BCUT2D eigenvalue weighted by atomic mass is 16.5. The lowest BCUT2D eigenvalue weighted by atomic mass is 9.73. The smallest absolute Gasteiger partial charge is 0.257 e. The Morgan fingerprint density at radius 2 is 1.85 bits per heavy atom. The lowest BCUT2D eigenvalue weighted by Gasteiger charge is -2.38. The van der Waals surface area contributed by atoms with Crippen LogP contribution in [0.4, 0.5) is 5.69 Å². The van der Waals surface area contributed by atoms with Crippen molar-refractivity contribution in [1.82, 2.24) is 4.90 Å². The average Bonchev–Trinajstić information content (AvgIpc) is 3.10. The predicted octanol–water partition coefficient (Wildman–Crippen LogP) is 4.70. The quantitative estimate of drug-likeness (QED) is 0.609. The molecule has 0 radical (unpaired) electrons. The van der Waals surface area contributed by atoms with Crippen molar-refractivity contribution in [2.45, 2.75) is 31.3 Å². The van der Waals surface area contributed by atoms with E-state index >= 15 is 0 Å². The summed E-state index contributed by atoms with van der Waals surface area (Å²) in [6.07, 6.45) is 0. The molecule has 3 aromatic rings. The van der Waals surface area contributed by atoms with Gasteiger partial charge in [0.1, 0.15) is 17.0 Å². The number of methoxy groups -OCH3 is 1. The van der Waals surface area contributed by atoms with Crippen LogP contribution in [0.2, 0.25) is 0 Å². The second-order valence-corrected chi connectivity index (χ2v) is 9.54. The van der Waals surface area contributed by atoms with E-state index in [1.165, 1.54) is 0 Å². The minimum atomic E-state index is -1.12. The molecule has 172 valence electrons. The second kappa shape index (κ2) is 7.35. The Bertz CT molecular complexity index is 1320. The summed E-state index contributed by atoms with van der Waals surface area (Å²) in [7, 11) is 1.57. The van der Waals surface area contributed by atoms with Crippen LogP contribution in [0.15, 0.2) is 66.7 Å². The maximum Gasteiger partial charge on any atom is 0.257 e. The van der Waals surface area contributed by atoms with E-state index in [0.717, 1.165) is 22.4 Å². The number of carbonyl (C=O) groups excluding carboxylic acids is 2. The van der Waals surface area contributed by atoms with Gasteiger partial charge in [0, 0.05) is 17.4 Å². The van der Waals surface area contributed by atoms with Crippen LogP contribution in [-0.2, 0) is 4.79 Å². The van der Waals surface area contributed by atoms with Gasteiger partial charge in [-0.2, -0.15) is 0 Å². The highest BCUT2D eigenvalue weighted by Gasteiger charge is 2.65. The highest BCUT2D eigenvalue weighted by Crippen LogP contribution is 2.60. The number of anilines is 1. The van der Waals surface area contributed by atoms with Gasteiger partial charge in [-0.1, -0.05) is 48.0 Å². The van der Waals surface area contributed by atoms with Gasteiger partial charge in [-0.15, -0.1) is 0 Å². The first kappa shape index (κ1) is 20.8. The zero-order chi connectivity index (χ0) is 23.6. The summed E-state index contributed by atoms with van der Waals surface area (Å²) >= 11 is 0. The molecule has 34 heavy (non-hydrogen) atoms. The summed E-state index contributed by atoms with van der Waals surface area (Å²) in [5.41, 5.74) is 2.88. The first-order valence-electron chi connectivity index (χ1n) is 11.5. The Balaban J connectivity index is 1.62. The molecule has 6 nitrogen and oxygen atoms in total. The molecule has 6 heteroatoms. The molecule has 3 heterocycles. The van der Waals surface area contributed by atoms with Gasteiger partial charge in [-0.05, 0) is 43.7 Å². The van der Waals surface area contributed by atoms with E-state index in [9.17, 15) is 9.59 Å². The topological polar surface area (TPSA) is 67.9 Å². The maximum absolute atomic E-state index is 14.3. The zero-order valence-corrected chi connectivity index (χ0v) is 19.4. The number of nitrogens with one attached hydrogen (secondary N) is 1. The summed E-state index contributed by atoms with van der Waals surface area (Å²) in [5, 5.41) is 3.06. The van der Waals surface area contributed by atoms with Gasteiger partial charge in [-0.3, -0.25) is 9.59 Å². The van der Waals surface area contributed by atoms with E-state index in [1.807, 2.05) is 61.2 Å². The lowest BCUT2D eigenvalue weighted by Crippen LogP contribution is -2.54. The predicted molar refractivity (Wildman–Crippen MR) is 128 cm³/mol. The lowest BCUT2D eigenvalue weighted by molar-refractivity contribution is -0.125. The molecule has 1 fully saturated rings. The molecule has 0 saturated carbocycles. The van der Waals surface area contributed by atoms with Crippen molar-refractivity contribution in [3.8, 4) is 11.5 Å². The normalized spacial score (nSPS) is 26.9. The van der Waals surface area contributed by atoms with Crippen molar-refractivity contribution in [1.29, 1.82) is 0 Å². The second-order valence-electron chi connectivity index (χ2n) is 9.54. The Morgan fingerprint density at radius 3 is 2.62 bits per heavy atom. The van der Waals surface area contributed by atoms with Crippen LogP contribution in [0.1, 0.15) is 45.9 Å². The van der Waals surface area contributed by atoms with E-state index < -0.39 is 5.54 Å². The fraction of sp³-hybridized carbons (Fsp3) is 0.286. The van der Waals surface area contributed by atoms with Crippen LogP contribution in [0, 0.1) is 12.8 Å². The third kappa shape index (κ3) is 2.74. The van der Waals surface area contributed by atoms with Crippen molar-refractivity contribution in [3.63, 3.8) is 0 Å². The number of amides is 2. The molecular weight excluding hydrogens is 428 g/mol. The van der Waals surface area contributed by atoms with Crippen LogP contribution in [-0.4, -0.2) is 36.0 Å². The number of hydrogen-bond donors (Lipinski definition) is 1. The molecule has 0 aliphatic carbocycles. The number of hydrogen-bond acceptors (Lipinski definition) is 4. The van der Waals surface area contributed by atoms with Gasteiger partial charge in [0.25, 0.3) is 11.8 Å². The molecular formula is C28H26N2O4. The summed E-state index contributed by atoms with van der Waals surface area (Å²) in [6.45, 7) is 4.36. The highest BCUT2D eigenvalue weighted by molar-refractivity contribution is 6.13. The molecule has 1 saturated heterocycles. The Hall–Kier alpha value is -3.80. The number of carbonyl (C=O) groups is 2. The Labute approximate surface area is 198 Å². The molecule has 3 unspecified atom stereocenters. The van der Waals surface area contributed by atoms with Gasteiger partial charge in [0.15, 0.2) is 0 Å². The number of benzene rings is 3. The zero-order valence-electron chi connectivity index (χ0n) is 19.4. The van der Waals surface area contributed by atoms with Crippen LogP contribution >= 0.6 is 0 Å². The largest absolute Gasteiger partial charge is 0.497 e. The molecule has 2 amide bonds. The summed E-state index contributed by atoms with van der Waals surface area (Å²) in [4.78, 5) is 30.1. The molecule has 0 aromatic heterocycles. The monoisotopic (exact) mass is 454 g/mol. The van der Waals surface area contributed by atoms with E-state index in [2.05, 4.69) is 11.4 Å². The van der Waals surface area contributed by atoms with E-state index in [-0.39, 0.29) is 29.7 Å². The molecule has 0 bridgehead atoms. The minimum Gasteiger partial charge on any atom is -0.497 e. The molecule has 4 atom stereocenters. The fourth-order valence-electron chi connectivity index (χ4n) is 6.14. The Kier molecular flexibility index (Phi) is 4.49. The standard InChI is InChI=1S/C28H26N2O4/c1-16-9-12-23-20(13-16)25-21(15-34-23)24(17-7-5-4-6-8-17)28(2)27(32)29-22-11-10-18(33-3)14-19(22)26(31)30(25)28/h4-14,21,24-25H,15H2,1-3H3,(H,29,32)/t21?,24?,25?,28-/m1/s1. The number of nitrogens with zero attached hydrogens (tertiary/aromatic N) is 1. The van der Waals surface area contributed by atoms with Gasteiger partial charge in [-0.25, -0.2) is 0 Å². The van der Waals surface area contributed by atoms with Crippen molar-refractivity contribution in [3.05, 3.63) is 89.0 Å². The minimum absolute atomic E-state index is 0.0800. The molecule has 6 rings (SSSR count).